The molecule has 2 aliphatic heterocycles. The number of fused-ring (bicyclic) bond motifs is 2. The van der Waals surface area contributed by atoms with E-state index in [0.717, 1.165) is 31.5 Å². The number of nitrogens with zero attached hydrogens (tertiary/aromatic N) is 2. The molecule has 2 aromatic carbocycles. The van der Waals surface area contributed by atoms with Crippen molar-refractivity contribution in [2.75, 3.05) is 38.7 Å². The maximum Gasteiger partial charge on any atom is 0.262 e. The fourth-order valence-electron chi connectivity index (χ4n) is 4.79. The van der Waals surface area contributed by atoms with Gasteiger partial charge in [-0.1, -0.05) is 6.07 Å². The molecular formula is C26H30ClFN4O4. The van der Waals surface area contributed by atoms with Crippen molar-refractivity contribution in [2.24, 2.45) is 0 Å². The van der Waals surface area contributed by atoms with Crippen molar-refractivity contribution in [1.82, 2.24) is 15.2 Å². The largest absolute Gasteiger partial charge is 0.497 e. The van der Waals surface area contributed by atoms with E-state index in [1.165, 1.54) is 6.20 Å². The Balaban J connectivity index is 0.00000304. The third-order valence-electron chi connectivity index (χ3n) is 6.69. The van der Waals surface area contributed by atoms with Gasteiger partial charge >= 0.3 is 0 Å². The summed E-state index contributed by atoms with van der Waals surface area (Å²) in [6, 6.07) is 11.4. The molecule has 1 atom stereocenters. The van der Waals surface area contributed by atoms with Gasteiger partial charge in [-0.3, -0.25) is 9.78 Å². The number of hydrogen-bond acceptors (Lipinski definition) is 7. The van der Waals surface area contributed by atoms with Gasteiger partial charge in [0.25, 0.3) is 5.91 Å². The maximum atomic E-state index is 14.7. The molecule has 3 N–H and O–H groups in total. The predicted molar refractivity (Wildman–Crippen MR) is 137 cm³/mol. The summed E-state index contributed by atoms with van der Waals surface area (Å²) in [5.74, 6) is 0.633. The van der Waals surface area contributed by atoms with Crippen LogP contribution < -0.4 is 20.1 Å². The summed E-state index contributed by atoms with van der Waals surface area (Å²) in [6.07, 6.45) is 2.04. The van der Waals surface area contributed by atoms with Crippen LogP contribution in [0.5, 0.6) is 11.5 Å². The molecule has 5 rings (SSSR count). The lowest BCUT2D eigenvalue weighted by atomic mass is 10.0. The molecule has 0 spiro atoms. The third kappa shape index (κ3) is 5.70. The number of nitrogens with one attached hydrogen (secondary N) is 2. The minimum atomic E-state index is -0.968. The van der Waals surface area contributed by atoms with Gasteiger partial charge in [0.05, 0.1) is 30.6 Å². The number of carbonyl (C=O) groups is 1. The highest BCUT2D eigenvalue weighted by Crippen LogP contribution is 2.31. The highest BCUT2D eigenvalue weighted by molar-refractivity contribution is 5.95. The number of aliphatic hydroxyl groups is 1. The second kappa shape index (κ2) is 11.4. The lowest BCUT2D eigenvalue weighted by Crippen LogP contribution is -2.43. The molecule has 0 bridgehead atoms. The summed E-state index contributed by atoms with van der Waals surface area (Å²) in [4.78, 5) is 17.9. The number of aromatic nitrogens is 1. The number of ether oxygens (including phenoxy) is 2. The van der Waals surface area contributed by atoms with E-state index in [9.17, 15) is 14.3 Å². The van der Waals surface area contributed by atoms with Crippen LogP contribution in [0.15, 0.2) is 42.6 Å². The molecule has 36 heavy (non-hydrogen) atoms. The molecule has 1 saturated heterocycles. The zero-order valence-electron chi connectivity index (χ0n) is 20.0. The van der Waals surface area contributed by atoms with E-state index < -0.39 is 11.9 Å². The second-order valence-electron chi connectivity index (χ2n) is 9.04. The van der Waals surface area contributed by atoms with Crippen molar-refractivity contribution < 1.29 is 23.8 Å². The standard InChI is InChI=1S/C26H29FN4O4.ClH/c1-34-18-3-4-21-19(11-18)26(20(27)13-29-21)23(32)14-31-8-6-17(7-9-31)28-12-16-2-5-24-22(10-16)30-25(33)15-35-24;/h2-5,10-11,13,17,23,28,32H,6-9,12,14-15H2,1H3,(H,30,33);1H/t23-;/m1./s1. The number of hydrogen-bond donors (Lipinski definition) is 3. The Morgan fingerprint density at radius 2 is 2.08 bits per heavy atom. The molecule has 3 aromatic rings. The summed E-state index contributed by atoms with van der Waals surface area (Å²) in [6.45, 7) is 2.70. The van der Waals surface area contributed by atoms with Gasteiger partial charge in [-0.05, 0) is 61.8 Å². The number of aliphatic hydroxyl groups excluding tert-OH is 1. The summed E-state index contributed by atoms with van der Waals surface area (Å²) in [7, 11) is 1.56. The first-order chi connectivity index (χ1) is 17.0. The molecule has 1 aromatic heterocycles. The highest BCUT2D eigenvalue weighted by Gasteiger charge is 2.24. The van der Waals surface area contributed by atoms with Gasteiger partial charge in [-0.15, -0.1) is 12.4 Å². The number of carbonyl (C=O) groups excluding carboxylic acids is 1. The van der Waals surface area contributed by atoms with Crippen LogP contribution in [0, 0.1) is 5.82 Å². The number of amides is 1. The lowest BCUT2D eigenvalue weighted by Gasteiger charge is -2.34. The second-order valence-corrected chi connectivity index (χ2v) is 9.04. The molecule has 2 aliphatic rings. The minimum absolute atomic E-state index is 0. The Labute approximate surface area is 215 Å². The number of halogens is 2. The van der Waals surface area contributed by atoms with Crippen molar-refractivity contribution in [2.45, 2.75) is 31.5 Å². The summed E-state index contributed by atoms with van der Waals surface area (Å²) in [5, 5.41) is 17.9. The van der Waals surface area contributed by atoms with E-state index >= 15 is 0 Å². The Bertz CT molecular complexity index is 1240. The first-order valence-corrected chi connectivity index (χ1v) is 11.8. The summed E-state index contributed by atoms with van der Waals surface area (Å²) >= 11 is 0. The quantitative estimate of drug-likeness (QED) is 0.443. The zero-order valence-corrected chi connectivity index (χ0v) is 20.8. The van der Waals surface area contributed by atoms with Crippen LogP contribution in [0.4, 0.5) is 10.1 Å². The SMILES string of the molecule is COc1ccc2ncc(F)c([C@H](O)CN3CCC(NCc4ccc5c(c4)NC(=O)CO5)CC3)c2c1.Cl. The fraction of sp³-hybridized carbons (Fsp3) is 0.385. The third-order valence-corrected chi connectivity index (χ3v) is 6.69. The maximum absolute atomic E-state index is 14.7. The number of pyridine rings is 1. The molecule has 192 valence electrons. The van der Waals surface area contributed by atoms with Crippen molar-refractivity contribution in [1.29, 1.82) is 0 Å². The first kappa shape index (κ1) is 26.1. The molecular weight excluding hydrogens is 487 g/mol. The average Bonchev–Trinajstić information content (AvgIpc) is 2.87. The Morgan fingerprint density at radius 1 is 1.28 bits per heavy atom. The van der Waals surface area contributed by atoms with E-state index in [-0.39, 0.29) is 30.5 Å². The van der Waals surface area contributed by atoms with Crippen LogP contribution in [-0.2, 0) is 11.3 Å². The number of methoxy groups -OCH3 is 1. The number of benzene rings is 2. The lowest BCUT2D eigenvalue weighted by molar-refractivity contribution is -0.118. The van der Waals surface area contributed by atoms with Gasteiger partial charge in [0.15, 0.2) is 6.61 Å². The van der Waals surface area contributed by atoms with Gasteiger partial charge < -0.3 is 30.1 Å². The van der Waals surface area contributed by atoms with Crippen LogP contribution in [0.1, 0.15) is 30.1 Å². The van der Waals surface area contributed by atoms with Crippen molar-refractivity contribution in [3.63, 3.8) is 0 Å². The molecule has 0 aliphatic carbocycles. The number of likely N-dealkylation sites (tertiary alicyclic amines) is 1. The van der Waals surface area contributed by atoms with Crippen LogP contribution >= 0.6 is 12.4 Å². The minimum Gasteiger partial charge on any atom is -0.497 e. The van der Waals surface area contributed by atoms with Crippen LogP contribution in [0.25, 0.3) is 10.9 Å². The number of β-amino-alcohol motifs (C(OH)–C–C–N with tert-alkyl or cyclic N) is 1. The number of anilines is 1. The van der Waals surface area contributed by atoms with E-state index in [4.69, 9.17) is 9.47 Å². The van der Waals surface area contributed by atoms with Gasteiger partial charge in [0, 0.05) is 30.1 Å². The highest BCUT2D eigenvalue weighted by atomic mass is 35.5. The van der Waals surface area contributed by atoms with E-state index in [1.807, 2.05) is 18.2 Å². The molecule has 1 fully saturated rings. The normalized spacial score (nSPS) is 17.0. The predicted octanol–water partition coefficient (Wildman–Crippen LogP) is 3.42. The van der Waals surface area contributed by atoms with Crippen LogP contribution in [0.3, 0.4) is 0 Å². The van der Waals surface area contributed by atoms with Gasteiger partial charge in [0.2, 0.25) is 0 Å². The van der Waals surface area contributed by atoms with Crippen molar-refractivity contribution in [3.05, 3.63) is 59.5 Å². The smallest absolute Gasteiger partial charge is 0.262 e. The Morgan fingerprint density at radius 3 is 2.86 bits per heavy atom. The van der Waals surface area contributed by atoms with Gasteiger partial charge in [0.1, 0.15) is 17.3 Å². The topological polar surface area (TPSA) is 96.0 Å². The fourth-order valence-corrected chi connectivity index (χ4v) is 4.79. The van der Waals surface area contributed by atoms with Crippen LogP contribution in [0.2, 0.25) is 0 Å². The molecule has 8 nitrogen and oxygen atoms in total. The number of rotatable bonds is 7. The Hall–Kier alpha value is -2.98. The van der Waals surface area contributed by atoms with Crippen molar-refractivity contribution in [3.8, 4) is 11.5 Å². The molecule has 0 radical (unpaired) electrons. The monoisotopic (exact) mass is 516 g/mol. The molecule has 3 heterocycles. The molecule has 1 amide bonds. The van der Waals surface area contributed by atoms with Gasteiger partial charge in [-0.2, -0.15) is 0 Å². The summed E-state index contributed by atoms with van der Waals surface area (Å²) in [5.41, 5.74) is 2.66. The zero-order chi connectivity index (χ0) is 24.4. The van der Waals surface area contributed by atoms with Gasteiger partial charge in [-0.25, -0.2) is 4.39 Å². The van der Waals surface area contributed by atoms with E-state index in [2.05, 4.69) is 20.5 Å². The van der Waals surface area contributed by atoms with Crippen molar-refractivity contribution >= 4 is 34.9 Å². The van der Waals surface area contributed by atoms with E-state index in [0.29, 0.717) is 47.2 Å². The van der Waals surface area contributed by atoms with Crippen LogP contribution in [-0.4, -0.2) is 60.3 Å². The molecule has 10 heteroatoms. The van der Waals surface area contributed by atoms with E-state index in [1.54, 1.807) is 25.3 Å². The number of piperidine rings is 1. The molecule has 0 unspecified atom stereocenters. The summed E-state index contributed by atoms with van der Waals surface area (Å²) < 4.78 is 25.4. The average molecular weight is 517 g/mol. The Kier molecular flexibility index (Phi) is 8.25. The molecule has 0 saturated carbocycles. The first-order valence-electron chi connectivity index (χ1n) is 11.8.